The minimum absolute atomic E-state index is 0.133. The van der Waals surface area contributed by atoms with Crippen molar-refractivity contribution < 1.29 is 36.9 Å². The maximum absolute atomic E-state index is 12.4. The van der Waals surface area contributed by atoms with Gasteiger partial charge in [-0.05, 0) is 24.3 Å². The second-order valence-electron chi connectivity index (χ2n) is 4.35. The van der Waals surface area contributed by atoms with Gasteiger partial charge in [0.2, 0.25) is 0 Å². The molecule has 0 aliphatic heterocycles. The number of nitrogens with one attached hydrogen (secondary N) is 1. The third-order valence-electron chi connectivity index (χ3n) is 2.79. The van der Waals surface area contributed by atoms with E-state index in [9.17, 15) is 21.6 Å². The average Bonchev–Trinajstić information content (AvgIpc) is 2.44. The molecule has 0 fully saturated rings. The number of aliphatic hydroxyl groups excluding tert-OH is 3. The maximum Gasteiger partial charge on any atom is 0.501 e. The van der Waals surface area contributed by atoms with Gasteiger partial charge in [0.25, 0.3) is 9.84 Å². The van der Waals surface area contributed by atoms with Crippen LogP contribution < -0.4 is 5.32 Å². The summed E-state index contributed by atoms with van der Waals surface area (Å²) in [6.45, 7) is -1.91. The molecule has 0 heterocycles. The lowest BCUT2D eigenvalue weighted by Gasteiger charge is -2.29. The van der Waals surface area contributed by atoms with Gasteiger partial charge >= 0.3 is 5.51 Å². The highest BCUT2D eigenvalue weighted by molar-refractivity contribution is 7.92. The first kappa shape index (κ1) is 17.7. The monoisotopic (exact) mass is 329 g/mol. The molecule has 0 saturated carbocycles. The van der Waals surface area contributed by atoms with Crippen molar-refractivity contribution >= 4 is 15.5 Å². The summed E-state index contributed by atoms with van der Waals surface area (Å²) in [6.07, 6.45) is 0. The van der Waals surface area contributed by atoms with E-state index in [-0.39, 0.29) is 5.69 Å². The molecule has 1 aromatic rings. The molecule has 0 unspecified atom stereocenters. The molecule has 0 aliphatic carbocycles. The lowest BCUT2D eigenvalue weighted by molar-refractivity contribution is -0.0436. The number of halogens is 3. The Hall–Kier alpha value is -1.36. The zero-order valence-electron chi connectivity index (χ0n) is 10.6. The van der Waals surface area contributed by atoms with E-state index in [0.717, 1.165) is 24.3 Å². The first-order valence-electron chi connectivity index (χ1n) is 5.64. The number of alkyl halides is 3. The Morgan fingerprint density at radius 3 is 1.71 bits per heavy atom. The number of sulfone groups is 1. The molecule has 0 aliphatic rings. The third kappa shape index (κ3) is 3.64. The number of benzene rings is 1. The van der Waals surface area contributed by atoms with Crippen LogP contribution in [-0.2, 0) is 9.84 Å². The van der Waals surface area contributed by atoms with Crippen molar-refractivity contribution in [2.75, 3.05) is 25.1 Å². The molecule has 0 spiro atoms. The Morgan fingerprint density at radius 2 is 1.38 bits per heavy atom. The quantitative estimate of drug-likeness (QED) is 0.590. The fourth-order valence-corrected chi connectivity index (χ4v) is 2.19. The zero-order valence-corrected chi connectivity index (χ0v) is 11.4. The summed E-state index contributed by atoms with van der Waals surface area (Å²) in [5.74, 6) is 0. The van der Waals surface area contributed by atoms with Gasteiger partial charge < -0.3 is 20.6 Å². The van der Waals surface area contributed by atoms with Gasteiger partial charge in [-0.3, -0.25) is 0 Å². The van der Waals surface area contributed by atoms with E-state index in [1.807, 2.05) is 0 Å². The van der Waals surface area contributed by atoms with Crippen LogP contribution in [0.2, 0.25) is 0 Å². The Kier molecular flexibility index (Phi) is 5.20. The van der Waals surface area contributed by atoms with E-state index < -0.39 is 45.6 Å². The van der Waals surface area contributed by atoms with Gasteiger partial charge in [-0.15, -0.1) is 0 Å². The minimum atomic E-state index is -5.43. The van der Waals surface area contributed by atoms with Crippen LogP contribution in [0.15, 0.2) is 29.2 Å². The molecule has 0 radical (unpaired) electrons. The van der Waals surface area contributed by atoms with E-state index in [1.165, 1.54) is 0 Å². The van der Waals surface area contributed by atoms with Crippen molar-refractivity contribution in [3.05, 3.63) is 24.3 Å². The Labute approximate surface area is 118 Å². The van der Waals surface area contributed by atoms with Crippen molar-refractivity contribution in [2.45, 2.75) is 15.9 Å². The number of aliphatic hydroxyl groups is 3. The smallest absolute Gasteiger partial charge is 0.394 e. The molecule has 1 aromatic carbocycles. The number of anilines is 1. The van der Waals surface area contributed by atoms with Gasteiger partial charge in [-0.25, -0.2) is 8.42 Å². The second kappa shape index (κ2) is 6.18. The topological polar surface area (TPSA) is 107 Å². The Bertz CT molecular complexity index is 558. The van der Waals surface area contributed by atoms with Crippen molar-refractivity contribution in [3.8, 4) is 0 Å². The molecule has 6 nitrogen and oxygen atoms in total. The molecule has 120 valence electrons. The molecule has 0 aromatic heterocycles. The van der Waals surface area contributed by atoms with Gasteiger partial charge in [0.1, 0.15) is 5.54 Å². The fourth-order valence-electron chi connectivity index (χ4n) is 1.43. The highest BCUT2D eigenvalue weighted by Crippen LogP contribution is 2.30. The van der Waals surface area contributed by atoms with Crippen molar-refractivity contribution in [3.63, 3.8) is 0 Å². The van der Waals surface area contributed by atoms with Crippen LogP contribution >= 0.6 is 0 Å². The van der Waals surface area contributed by atoms with Crippen molar-refractivity contribution in [2.24, 2.45) is 0 Å². The van der Waals surface area contributed by atoms with Crippen molar-refractivity contribution in [1.29, 1.82) is 0 Å². The molecule has 4 N–H and O–H groups in total. The Balaban J connectivity index is 3.04. The van der Waals surface area contributed by atoms with Crippen LogP contribution in [0.3, 0.4) is 0 Å². The second-order valence-corrected chi connectivity index (χ2v) is 6.29. The summed E-state index contributed by atoms with van der Waals surface area (Å²) < 4.78 is 59.4. The third-order valence-corrected chi connectivity index (χ3v) is 4.29. The van der Waals surface area contributed by atoms with E-state index >= 15 is 0 Å². The van der Waals surface area contributed by atoms with Crippen LogP contribution in [0.5, 0.6) is 0 Å². The summed E-state index contributed by atoms with van der Waals surface area (Å²) in [6, 6.07) is 3.55. The predicted molar refractivity (Wildman–Crippen MR) is 67.3 cm³/mol. The van der Waals surface area contributed by atoms with Gasteiger partial charge in [0.05, 0.1) is 24.7 Å². The van der Waals surface area contributed by atoms with E-state index in [4.69, 9.17) is 15.3 Å². The van der Waals surface area contributed by atoms with Gasteiger partial charge in [-0.1, -0.05) is 0 Å². The maximum atomic E-state index is 12.4. The van der Waals surface area contributed by atoms with Crippen LogP contribution in [0.1, 0.15) is 0 Å². The summed E-state index contributed by atoms with van der Waals surface area (Å²) in [7, 11) is -5.43. The van der Waals surface area contributed by atoms with Crippen molar-refractivity contribution in [1.82, 2.24) is 0 Å². The highest BCUT2D eigenvalue weighted by atomic mass is 32.2. The normalized spacial score (nSPS) is 13.2. The van der Waals surface area contributed by atoms with E-state index in [2.05, 4.69) is 5.32 Å². The molecular formula is C11H14F3NO5S. The van der Waals surface area contributed by atoms with Crippen LogP contribution in [0.4, 0.5) is 18.9 Å². The summed E-state index contributed by atoms with van der Waals surface area (Å²) in [4.78, 5) is -0.928. The predicted octanol–water partition coefficient (Wildman–Crippen LogP) is 0.108. The number of rotatable bonds is 6. The standard InChI is InChI=1S/C11H14F3NO5S/c12-11(13,14)21(19,20)9-3-1-8(2-4-9)15-10(5-16,6-17)7-18/h1-4,15-18H,5-7H2. The van der Waals surface area contributed by atoms with Crippen LogP contribution in [0.25, 0.3) is 0 Å². The molecule has 0 amide bonds. The number of hydrogen-bond donors (Lipinski definition) is 4. The fraction of sp³-hybridized carbons (Fsp3) is 0.455. The molecule has 10 heteroatoms. The van der Waals surface area contributed by atoms with Crippen LogP contribution in [0, 0.1) is 0 Å². The Morgan fingerprint density at radius 1 is 0.952 bits per heavy atom. The van der Waals surface area contributed by atoms with Gasteiger partial charge in [0.15, 0.2) is 0 Å². The zero-order chi connectivity index (χ0) is 16.3. The molecule has 0 atom stereocenters. The molecule has 21 heavy (non-hydrogen) atoms. The summed E-state index contributed by atoms with van der Waals surface area (Å²) >= 11 is 0. The molecule has 0 bridgehead atoms. The average molecular weight is 329 g/mol. The highest BCUT2D eigenvalue weighted by Gasteiger charge is 2.46. The summed E-state index contributed by atoms with van der Waals surface area (Å²) in [5.41, 5.74) is -6.73. The summed E-state index contributed by atoms with van der Waals surface area (Å²) in [5, 5.41) is 29.8. The molecule has 1 rings (SSSR count). The first-order valence-corrected chi connectivity index (χ1v) is 7.12. The van der Waals surface area contributed by atoms with E-state index in [1.54, 1.807) is 0 Å². The lowest BCUT2D eigenvalue weighted by Crippen LogP contribution is -2.49. The lowest BCUT2D eigenvalue weighted by atomic mass is 10.0. The number of hydrogen-bond acceptors (Lipinski definition) is 6. The van der Waals surface area contributed by atoms with Crippen LogP contribution in [-0.4, -0.2) is 54.6 Å². The van der Waals surface area contributed by atoms with Gasteiger partial charge in [-0.2, -0.15) is 13.2 Å². The first-order chi connectivity index (χ1) is 9.62. The van der Waals surface area contributed by atoms with E-state index in [0.29, 0.717) is 0 Å². The minimum Gasteiger partial charge on any atom is -0.394 e. The SMILES string of the molecule is O=S(=O)(c1ccc(NC(CO)(CO)CO)cc1)C(F)(F)F. The molecule has 0 saturated heterocycles. The molecular weight excluding hydrogens is 315 g/mol. The largest absolute Gasteiger partial charge is 0.501 e. The van der Waals surface area contributed by atoms with Gasteiger partial charge in [0, 0.05) is 5.69 Å².